The van der Waals surface area contributed by atoms with Gasteiger partial charge in [-0.1, -0.05) is 109 Å². The summed E-state index contributed by atoms with van der Waals surface area (Å²) in [5.41, 5.74) is 3.32. The van der Waals surface area contributed by atoms with Crippen LogP contribution in [0.3, 0.4) is 0 Å². The molecule has 1 saturated heterocycles. The lowest BCUT2D eigenvalue weighted by molar-refractivity contribution is -0.0585. The van der Waals surface area contributed by atoms with E-state index in [1.54, 1.807) is 0 Å². The third-order valence-corrected chi connectivity index (χ3v) is 6.78. The van der Waals surface area contributed by atoms with E-state index in [9.17, 15) is 5.11 Å². The lowest BCUT2D eigenvalue weighted by Crippen LogP contribution is -2.47. The number of likely N-dealkylation sites (tertiary alicyclic amines) is 1. The van der Waals surface area contributed by atoms with Crippen molar-refractivity contribution in [3.05, 3.63) is 126 Å². The molecule has 0 radical (unpaired) electrons. The van der Waals surface area contributed by atoms with Crippen LogP contribution in [0, 0.1) is 0 Å². The Hall–Kier alpha value is -3.02. The summed E-state index contributed by atoms with van der Waals surface area (Å²) in [4.78, 5) is 2.35. The summed E-state index contributed by atoms with van der Waals surface area (Å²) >= 11 is 0. The van der Waals surface area contributed by atoms with E-state index in [-0.39, 0.29) is 18.1 Å². The molecule has 0 bridgehead atoms. The minimum absolute atomic E-state index is 0.104. The summed E-state index contributed by atoms with van der Waals surface area (Å²) in [7, 11) is 0. The Bertz CT molecular complexity index is 1070. The molecule has 0 aromatic heterocycles. The van der Waals surface area contributed by atoms with Crippen LogP contribution in [0.1, 0.15) is 30.0 Å². The molecule has 1 heterocycles. The molecule has 36 heavy (non-hydrogen) atoms. The van der Waals surface area contributed by atoms with E-state index >= 15 is 0 Å². The summed E-state index contributed by atoms with van der Waals surface area (Å²) in [6.45, 7) is 7.57. The highest BCUT2D eigenvalue weighted by atomic mass is 16.5. The highest BCUT2D eigenvalue weighted by Gasteiger charge is 2.49. The Morgan fingerprint density at radius 3 is 2.08 bits per heavy atom. The molecule has 1 aliphatic rings. The van der Waals surface area contributed by atoms with Gasteiger partial charge in [-0.2, -0.15) is 0 Å². The molecule has 3 aromatic carbocycles. The minimum Gasteiger partial charge on any atom is -0.388 e. The van der Waals surface area contributed by atoms with E-state index in [1.165, 1.54) is 0 Å². The molecule has 1 N–H and O–H groups in total. The number of hydrogen-bond donors (Lipinski definition) is 1. The van der Waals surface area contributed by atoms with E-state index in [2.05, 4.69) is 54.8 Å². The number of rotatable bonds is 12. The van der Waals surface area contributed by atoms with E-state index in [4.69, 9.17) is 9.47 Å². The minimum atomic E-state index is -0.689. The van der Waals surface area contributed by atoms with Crippen molar-refractivity contribution >= 4 is 6.08 Å². The average molecular weight is 484 g/mol. The first-order valence-electron chi connectivity index (χ1n) is 12.7. The number of aliphatic hydroxyl groups excluding tert-OH is 1. The Morgan fingerprint density at radius 2 is 1.47 bits per heavy atom. The number of ether oxygens (including phenoxy) is 2. The molecule has 0 unspecified atom stereocenters. The van der Waals surface area contributed by atoms with Gasteiger partial charge in [0.05, 0.1) is 31.9 Å². The average Bonchev–Trinajstić information content (AvgIpc) is 3.18. The highest BCUT2D eigenvalue weighted by Crippen LogP contribution is 2.33. The van der Waals surface area contributed by atoms with Crippen LogP contribution in [0.15, 0.2) is 110 Å². The standard InChI is InChI=1S/C32H37NO3/c1-3-13-25(2)33-29(21-20-26-14-7-4-8-15-26)31(34)32(36-23-28-18-11-6-12-19-28)30(33)24-35-22-27-16-9-5-10-17-27/h3-12,14-21,25,29-32,34H,1,13,22-24H2,2H3/b21-20+/t25-,29+,30+,31+,32-/m1/s1. The maximum Gasteiger partial charge on any atom is 0.103 e. The van der Waals surface area contributed by atoms with Crippen molar-refractivity contribution in [3.8, 4) is 0 Å². The van der Waals surface area contributed by atoms with E-state index in [1.807, 2.05) is 72.8 Å². The molecular weight excluding hydrogens is 446 g/mol. The Morgan fingerprint density at radius 1 is 0.889 bits per heavy atom. The van der Waals surface area contributed by atoms with Crippen molar-refractivity contribution in [2.24, 2.45) is 0 Å². The van der Waals surface area contributed by atoms with Crippen molar-refractivity contribution in [2.45, 2.75) is 56.9 Å². The maximum absolute atomic E-state index is 11.6. The highest BCUT2D eigenvalue weighted by molar-refractivity contribution is 5.50. The molecule has 0 spiro atoms. The first-order valence-corrected chi connectivity index (χ1v) is 12.7. The van der Waals surface area contributed by atoms with Crippen molar-refractivity contribution < 1.29 is 14.6 Å². The summed E-state index contributed by atoms with van der Waals surface area (Å²) < 4.78 is 12.6. The molecule has 0 saturated carbocycles. The van der Waals surface area contributed by atoms with Gasteiger partial charge in [-0.15, -0.1) is 6.58 Å². The zero-order chi connectivity index (χ0) is 25.2. The smallest absolute Gasteiger partial charge is 0.103 e. The van der Waals surface area contributed by atoms with Gasteiger partial charge in [-0.05, 0) is 30.0 Å². The third-order valence-electron chi connectivity index (χ3n) is 6.78. The van der Waals surface area contributed by atoms with Crippen LogP contribution in [0.4, 0.5) is 0 Å². The number of benzene rings is 3. The lowest BCUT2D eigenvalue weighted by atomic mass is 10.1. The summed E-state index contributed by atoms with van der Waals surface area (Å²) in [6.07, 6.45) is 5.86. The van der Waals surface area contributed by atoms with E-state index < -0.39 is 12.2 Å². The van der Waals surface area contributed by atoms with Crippen LogP contribution in [-0.2, 0) is 22.7 Å². The predicted octanol–water partition coefficient (Wildman–Crippen LogP) is 5.88. The van der Waals surface area contributed by atoms with Gasteiger partial charge in [0.15, 0.2) is 0 Å². The monoisotopic (exact) mass is 483 g/mol. The molecular formula is C32H37NO3. The van der Waals surface area contributed by atoms with Gasteiger partial charge in [0.1, 0.15) is 12.2 Å². The van der Waals surface area contributed by atoms with Crippen LogP contribution in [0.2, 0.25) is 0 Å². The zero-order valence-electron chi connectivity index (χ0n) is 21.0. The Kier molecular flexibility index (Phi) is 9.65. The molecule has 1 aliphatic heterocycles. The SMILES string of the molecule is C=CC[C@@H](C)N1[C@@H](/C=C/c2ccccc2)[C@H](O)[C@H](OCc2ccccc2)[C@@H]1COCc1ccccc1. The second-order valence-corrected chi connectivity index (χ2v) is 9.40. The van der Waals surface area contributed by atoms with Crippen molar-refractivity contribution in [1.29, 1.82) is 0 Å². The first-order chi connectivity index (χ1) is 17.7. The van der Waals surface area contributed by atoms with Gasteiger partial charge < -0.3 is 14.6 Å². The number of hydrogen-bond acceptors (Lipinski definition) is 4. The number of aliphatic hydroxyl groups is 1. The normalized spacial score (nSPS) is 23.2. The molecule has 4 heteroatoms. The fourth-order valence-electron chi connectivity index (χ4n) is 4.99. The quantitative estimate of drug-likeness (QED) is 0.327. The molecule has 4 nitrogen and oxygen atoms in total. The van der Waals surface area contributed by atoms with E-state index in [0.717, 1.165) is 23.1 Å². The van der Waals surface area contributed by atoms with Crippen LogP contribution in [0.25, 0.3) is 6.08 Å². The summed E-state index contributed by atoms with van der Waals surface area (Å²) in [5.74, 6) is 0. The topological polar surface area (TPSA) is 41.9 Å². The van der Waals surface area contributed by atoms with Crippen LogP contribution >= 0.6 is 0 Å². The fourth-order valence-corrected chi connectivity index (χ4v) is 4.99. The second kappa shape index (κ2) is 13.3. The molecule has 1 fully saturated rings. The van der Waals surface area contributed by atoms with E-state index in [0.29, 0.717) is 19.8 Å². The molecule has 3 aromatic rings. The van der Waals surface area contributed by atoms with Crippen molar-refractivity contribution in [2.75, 3.05) is 6.61 Å². The lowest BCUT2D eigenvalue weighted by Gasteiger charge is -2.34. The van der Waals surface area contributed by atoms with Gasteiger partial charge in [0, 0.05) is 6.04 Å². The summed E-state index contributed by atoms with van der Waals surface area (Å²) in [5, 5.41) is 11.6. The maximum atomic E-state index is 11.6. The fraction of sp³-hybridized carbons (Fsp3) is 0.312. The van der Waals surface area contributed by atoms with Crippen molar-refractivity contribution in [1.82, 2.24) is 4.90 Å². The molecule has 5 atom stereocenters. The van der Waals surface area contributed by atoms with Gasteiger partial charge in [-0.25, -0.2) is 0 Å². The van der Waals surface area contributed by atoms with Gasteiger partial charge in [0.2, 0.25) is 0 Å². The van der Waals surface area contributed by atoms with Crippen LogP contribution in [-0.4, -0.2) is 46.9 Å². The zero-order valence-corrected chi connectivity index (χ0v) is 21.0. The third kappa shape index (κ3) is 6.80. The van der Waals surface area contributed by atoms with Gasteiger partial charge in [0.25, 0.3) is 0 Å². The molecule has 0 amide bonds. The predicted molar refractivity (Wildman–Crippen MR) is 146 cm³/mol. The Labute approximate surface area is 215 Å². The number of nitrogens with zero attached hydrogens (tertiary/aromatic N) is 1. The van der Waals surface area contributed by atoms with Gasteiger partial charge >= 0.3 is 0 Å². The second-order valence-electron chi connectivity index (χ2n) is 9.40. The first kappa shape index (κ1) is 26.1. The molecule has 0 aliphatic carbocycles. The summed E-state index contributed by atoms with van der Waals surface area (Å²) in [6, 6.07) is 30.3. The molecule has 4 rings (SSSR count). The van der Waals surface area contributed by atoms with Gasteiger partial charge in [-0.3, -0.25) is 4.90 Å². The van der Waals surface area contributed by atoms with Crippen molar-refractivity contribution in [3.63, 3.8) is 0 Å². The Balaban J connectivity index is 1.58. The molecule has 188 valence electrons. The van der Waals surface area contributed by atoms with Crippen LogP contribution in [0.5, 0.6) is 0 Å². The largest absolute Gasteiger partial charge is 0.388 e. The van der Waals surface area contributed by atoms with Crippen LogP contribution < -0.4 is 0 Å².